The van der Waals surface area contributed by atoms with Crippen LogP contribution in [0, 0.1) is 11.8 Å². The number of cyclic esters (lactones) is 2. The molecule has 10 atom stereocenters. The number of aliphatic carboxylic acids is 1. The van der Waals surface area contributed by atoms with Gasteiger partial charge in [0.05, 0.1) is 19.3 Å². The van der Waals surface area contributed by atoms with Crippen LogP contribution in [0.4, 0.5) is 4.79 Å². The van der Waals surface area contributed by atoms with Crippen molar-refractivity contribution >= 4 is 35.8 Å². The van der Waals surface area contributed by atoms with Crippen LogP contribution in [-0.2, 0) is 51.0 Å². The maximum Gasteiger partial charge on any atom is 0.419 e. The van der Waals surface area contributed by atoms with Crippen LogP contribution in [0.1, 0.15) is 130 Å². The standard InChI is InChI=1S/C16H19NO5.C16H23NO3.C9H15NO2.C9H17N.C6H4/c1-3-21-15(19)13(10-9-12-7-5-4-6-8-12)17-11(2)14(18)22-16(17)20;1-4-20-16(19)15(17-12(2)13(3)18)11-10-14-8-6-5-7-9-14;11-9(12)8-5-6-3-1-2-4-7(6)10-8;1-7-6-8-4-2-3-5-9(8)10-7;1-3-5-6-4-2/h4-8,11,13H,3,9-10H2,1-2H3;5-9,12,15,17H,4,10-11H2,1-3H3;6-8,10H,1-5H2,(H,11,12);7-10H,2-6H2,1H3;1-2H2/t11-,13-;12-,15-;6-,7+,8+;7-,8-,9+;/m0011./s1. The highest BCUT2D eigenvalue weighted by Crippen LogP contribution is 2.34. The Hall–Kier alpha value is -5.80. The van der Waals surface area contributed by atoms with Gasteiger partial charge in [-0.15, -0.1) is 0 Å². The minimum absolute atomic E-state index is 0.0130. The van der Waals surface area contributed by atoms with E-state index in [1.807, 2.05) is 60.7 Å². The van der Waals surface area contributed by atoms with Gasteiger partial charge in [-0.3, -0.25) is 24.6 Å². The maximum atomic E-state index is 12.2. The fourth-order valence-corrected chi connectivity index (χ4v) is 9.53. The molecule has 7 rings (SSSR count). The number of ether oxygens (including phenoxy) is 3. The summed E-state index contributed by atoms with van der Waals surface area (Å²) in [5.41, 5.74) is 11.7. The van der Waals surface area contributed by atoms with Crippen LogP contribution < -0.4 is 16.0 Å². The highest BCUT2D eigenvalue weighted by Gasteiger charge is 2.45. The summed E-state index contributed by atoms with van der Waals surface area (Å²) < 4.78 is 14.7. The zero-order valence-corrected chi connectivity index (χ0v) is 42.3. The molecule has 70 heavy (non-hydrogen) atoms. The smallest absolute Gasteiger partial charge is 0.419 e. The topological polar surface area (TPSA) is 190 Å². The third-order valence-corrected chi connectivity index (χ3v) is 13.3. The van der Waals surface area contributed by atoms with E-state index in [2.05, 4.69) is 63.7 Å². The lowest BCUT2D eigenvalue weighted by Gasteiger charge is -2.26. The molecular formula is C56H78N4O10. The number of benzene rings is 2. The van der Waals surface area contributed by atoms with Gasteiger partial charge in [0.2, 0.25) is 0 Å². The third-order valence-electron chi connectivity index (χ3n) is 13.3. The van der Waals surface area contributed by atoms with Gasteiger partial charge in [-0.05, 0) is 153 Å². The van der Waals surface area contributed by atoms with Crippen molar-refractivity contribution in [2.45, 2.75) is 180 Å². The fraction of sp³-hybridized carbons (Fsp3) is 0.571. The van der Waals surface area contributed by atoms with E-state index in [1.165, 1.54) is 75.2 Å². The number of hydrogen-bond acceptors (Lipinski definition) is 12. The van der Waals surface area contributed by atoms with Crippen molar-refractivity contribution in [2.24, 2.45) is 11.8 Å². The third kappa shape index (κ3) is 20.3. The predicted molar refractivity (Wildman–Crippen MR) is 270 cm³/mol. The molecule has 4 N–H and O–H groups in total. The molecule has 2 aliphatic carbocycles. The number of carboxylic acids is 1. The molecule has 1 amide bonds. The average Bonchev–Trinajstić information content (AvgIpc) is 4.04. The second-order valence-corrected chi connectivity index (χ2v) is 18.4. The molecule has 2 aromatic carbocycles. The molecule has 0 radical (unpaired) electrons. The second-order valence-electron chi connectivity index (χ2n) is 18.4. The lowest BCUT2D eigenvalue weighted by molar-refractivity contribution is -0.149. The summed E-state index contributed by atoms with van der Waals surface area (Å²) in [4.78, 5) is 70.6. The van der Waals surface area contributed by atoms with Crippen LogP contribution in [0.2, 0.25) is 0 Å². The number of ketones is 1. The summed E-state index contributed by atoms with van der Waals surface area (Å²) in [7, 11) is 0. The number of esters is 3. The van der Waals surface area contributed by atoms with Crippen LogP contribution in [0.25, 0.3) is 0 Å². The Bertz CT molecular complexity index is 2060. The molecule has 0 bridgehead atoms. The Kier molecular flexibility index (Phi) is 26.9. The highest BCUT2D eigenvalue weighted by molar-refractivity contribution is 5.97. The summed E-state index contributed by atoms with van der Waals surface area (Å²) in [6.45, 7) is 17.6. The first kappa shape index (κ1) is 58.5. The first-order valence-corrected chi connectivity index (χ1v) is 25.1. The molecule has 14 heteroatoms. The molecule has 0 unspecified atom stereocenters. The van der Waals surface area contributed by atoms with Crippen LogP contribution >= 0.6 is 0 Å². The Balaban J connectivity index is 0.000000246. The van der Waals surface area contributed by atoms with Gasteiger partial charge in [0.1, 0.15) is 30.0 Å². The molecule has 382 valence electrons. The SMILES string of the molecule is C=C=C=C=C=C.CCOC(=O)[C@H](CCc1ccccc1)N1C(=O)OC(=O)[C@@H]1C.CCOC(=O)[C@H](CCc1ccccc1)N[C@@H](C)C(C)=O.C[C@@H]1C[C@H]2CCCC[C@@H]2N1.O=C(O)[C@@H]1C[C@H]2CCCC[C@@H]2N1. The van der Waals surface area contributed by atoms with E-state index in [0.717, 1.165) is 36.4 Å². The van der Waals surface area contributed by atoms with Crippen molar-refractivity contribution in [3.63, 3.8) is 0 Å². The molecule has 2 aromatic rings. The van der Waals surface area contributed by atoms with E-state index in [1.54, 1.807) is 27.7 Å². The Morgan fingerprint density at radius 2 is 1.27 bits per heavy atom. The molecule has 5 fully saturated rings. The van der Waals surface area contributed by atoms with Crippen molar-refractivity contribution in [3.05, 3.63) is 108 Å². The maximum absolute atomic E-state index is 12.2. The number of nitrogens with zero attached hydrogens (tertiary/aromatic N) is 1. The van der Waals surface area contributed by atoms with E-state index in [4.69, 9.17) is 14.6 Å². The van der Waals surface area contributed by atoms with E-state index >= 15 is 0 Å². The van der Waals surface area contributed by atoms with Crippen LogP contribution in [0.5, 0.6) is 0 Å². The molecular weight excluding hydrogens is 889 g/mol. The summed E-state index contributed by atoms with van der Waals surface area (Å²) >= 11 is 0. The van der Waals surface area contributed by atoms with Gasteiger partial charge in [-0.25, -0.2) is 14.4 Å². The Labute approximate surface area is 416 Å². The van der Waals surface area contributed by atoms with Gasteiger partial charge >= 0.3 is 30.0 Å². The largest absolute Gasteiger partial charge is 0.480 e. The summed E-state index contributed by atoms with van der Waals surface area (Å²) in [6, 6.07) is 19.1. The lowest BCUT2D eigenvalue weighted by atomic mass is 9.85. The number of Topliss-reactive ketones (excluding diaryl/α,β-unsaturated/α-hetero) is 1. The van der Waals surface area contributed by atoms with Gasteiger partial charge in [-0.1, -0.05) is 97.8 Å². The molecule has 14 nitrogen and oxygen atoms in total. The minimum atomic E-state index is -0.825. The van der Waals surface area contributed by atoms with Gasteiger partial charge < -0.3 is 30.0 Å². The van der Waals surface area contributed by atoms with Crippen molar-refractivity contribution < 1.29 is 48.1 Å². The lowest BCUT2D eigenvalue weighted by Crippen LogP contribution is -2.47. The fourth-order valence-electron chi connectivity index (χ4n) is 9.53. The van der Waals surface area contributed by atoms with Crippen LogP contribution in [-0.4, -0.2) is 107 Å². The van der Waals surface area contributed by atoms with Gasteiger partial charge in [0, 0.05) is 18.1 Å². The Morgan fingerprint density at radius 3 is 1.73 bits per heavy atom. The molecule has 0 spiro atoms. The highest BCUT2D eigenvalue weighted by atomic mass is 16.6. The second kappa shape index (κ2) is 32.2. The van der Waals surface area contributed by atoms with Gasteiger partial charge in [0.15, 0.2) is 0 Å². The monoisotopic (exact) mass is 967 g/mol. The summed E-state index contributed by atoms with van der Waals surface area (Å²) in [5.74, 6) is -0.445. The number of aryl methyl sites for hydroxylation is 2. The zero-order chi connectivity index (χ0) is 51.4. The predicted octanol–water partition coefficient (Wildman–Crippen LogP) is 8.38. The van der Waals surface area contributed by atoms with E-state index < -0.39 is 42.1 Å². The number of carbonyl (C=O) groups is 6. The van der Waals surface area contributed by atoms with E-state index in [9.17, 15) is 28.8 Å². The number of amides is 1. The normalized spacial score (nSPS) is 23.9. The quantitative estimate of drug-likeness (QED) is 0.0577. The van der Waals surface area contributed by atoms with Crippen molar-refractivity contribution in [1.29, 1.82) is 0 Å². The van der Waals surface area contributed by atoms with Crippen molar-refractivity contribution in [3.8, 4) is 0 Å². The van der Waals surface area contributed by atoms with Crippen LogP contribution in [0.15, 0.2) is 96.7 Å². The van der Waals surface area contributed by atoms with Crippen molar-refractivity contribution in [1.82, 2.24) is 20.9 Å². The zero-order valence-electron chi connectivity index (χ0n) is 42.3. The molecule has 3 saturated heterocycles. The average molecular weight is 967 g/mol. The summed E-state index contributed by atoms with van der Waals surface area (Å²) in [6.07, 6.45) is 14.7. The van der Waals surface area contributed by atoms with Crippen LogP contribution in [0.3, 0.4) is 0 Å². The molecule has 0 aromatic heterocycles. The Morgan fingerprint density at radius 1 is 0.771 bits per heavy atom. The first-order valence-electron chi connectivity index (χ1n) is 25.1. The number of carboxylic acid groups (broad SMARTS) is 1. The van der Waals surface area contributed by atoms with Gasteiger partial charge in [0.25, 0.3) is 0 Å². The molecule has 5 aliphatic rings. The summed E-state index contributed by atoms with van der Waals surface area (Å²) in [5, 5.41) is 18.7. The van der Waals surface area contributed by atoms with E-state index in [0.29, 0.717) is 37.8 Å². The number of nitrogens with one attached hydrogen (secondary N) is 3. The number of hydrogen-bond donors (Lipinski definition) is 4. The number of fused-ring (bicyclic) bond motifs is 2. The number of rotatable bonds is 15. The molecule has 3 heterocycles. The molecule has 2 saturated carbocycles. The number of carbonyl (C=O) groups excluding carboxylic acids is 5. The molecule has 3 aliphatic heterocycles. The minimum Gasteiger partial charge on any atom is -0.480 e. The first-order chi connectivity index (χ1) is 33.6. The van der Waals surface area contributed by atoms with Gasteiger partial charge in [-0.2, -0.15) is 0 Å². The van der Waals surface area contributed by atoms with Crippen molar-refractivity contribution in [2.75, 3.05) is 13.2 Å². The van der Waals surface area contributed by atoms with E-state index in [-0.39, 0.29) is 30.4 Å².